The second-order valence-corrected chi connectivity index (χ2v) is 4.38. The quantitative estimate of drug-likeness (QED) is 0.574. The highest BCUT2D eigenvalue weighted by Gasteiger charge is 2.14. The van der Waals surface area contributed by atoms with Crippen molar-refractivity contribution in [1.29, 1.82) is 0 Å². The van der Waals surface area contributed by atoms with E-state index in [1.807, 2.05) is 27.7 Å². The second-order valence-electron chi connectivity index (χ2n) is 4.38. The van der Waals surface area contributed by atoms with E-state index < -0.39 is 11.7 Å². The van der Waals surface area contributed by atoms with Crippen molar-refractivity contribution < 1.29 is 14.6 Å². The SMILES string of the molecule is CCC(O)CC#CCC(=O)OC(C)(C)C. The molecule has 0 saturated heterocycles. The normalized spacial score (nSPS) is 12.6. The highest BCUT2D eigenvalue weighted by atomic mass is 16.6. The number of hydrogen-bond acceptors (Lipinski definition) is 3. The highest BCUT2D eigenvalue weighted by molar-refractivity contribution is 5.72. The molecule has 1 N–H and O–H groups in total. The smallest absolute Gasteiger partial charge is 0.318 e. The molecule has 1 atom stereocenters. The molecule has 0 radical (unpaired) electrons. The van der Waals surface area contributed by atoms with Crippen LogP contribution in [-0.2, 0) is 9.53 Å². The van der Waals surface area contributed by atoms with Crippen molar-refractivity contribution in [2.75, 3.05) is 0 Å². The van der Waals surface area contributed by atoms with Gasteiger partial charge in [-0.15, -0.1) is 5.92 Å². The van der Waals surface area contributed by atoms with Crippen LogP contribution in [-0.4, -0.2) is 22.8 Å². The maximum absolute atomic E-state index is 11.2. The fourth-order valence-corrected chi connectivity index (χ4v) is 0.847. The molecule has 3 nitrogen and oxygen atoms in total. The Morgan fingerprint density at radius 3 is 2.47 bits per heavy atom. The predicted octanol–water partition coefficient (Wildman–Crippen LogP) is 1.88. The molecule has 0 aromatic rings. The number of aliphatic hydroxyl groups excluding tert-OH is 1. The van der Waals surface area contributed by atoms with E-state index in [9.17, 15) is 9.90 Å². The van der Waals surface area contributed by atoms with E-state index in [2.05, 4.69) is 11.8 Å². The van der Waals surface area contributed by atoms with Crippen LogP contribution in [0.25, 0.3) is 0 Å². The minimum atomic E-state index is -0.457. The standard InChI is InChI=1S/C12H20O3/c1-5-10(13)8-6-7-9-11(14)15-12(2,3)4/h10,13H,5,8-9H2,1-4H3. The maximum atomic E-state index is 11.2. The molecular formula is C12H20O3. The minimum Gasteiger partial charge on any atom is -0.459 e. The zero-order chi connectivity index (χ0) is 11.9. The van der Waals surface area contributed by atoms with Crippen molar-refractivity contribution in [3.63, 3.8) is 0 Å². The molecule has 0 spiro atoms. The summed E-state index contributed by atoms with van der Waals surface area (Å²) in [5, 5.41) is 9.19. The Bertz CT molecular complexity index is 252. The molecule has 0 aromatic carbocycles. The first-order valence-electron chi connectivity index (χ1n) is 5.20. The van der Waals surface area contributed by atoms with E-state index in [0.717, 1.165) is 0 Å². The topological polar surface area (TPSA) is 46.5 Å². The van der Waals surface area contributed by atoms with Gasteiger partial charge in [-0.3, -0.25) is 4.79 Å². The molecule has 0 aliphatic rings. The molecule has 0 saturated carbocycles. The Balaban J connectivity index is 3.80. The number of esters is 1. The molecule has 0 rings (SSSR count). The fraction of sp³-hybridized carbons (Fsp3) is 0.750. The second kappa shape index (κ2) is 6.47. The zero-order valence-corrected chi connectivity index (χ0v) is 9.96. The van der Waals surface area contributed by atoms with Gasteiger partial charge >= 0.3 is 5.97 Å². The zero-order valence-electron chi connectivity index (χ0n) is 9.96. The van der Waals surface area contributed by atoms with Gasteiger partial charge in [0.25, 0.3) is 0 Å². The summed E-state index contributed by atoms with van der Waals surface area (Å²) in [5.74, 6) is 5.12. The van der Waals surface area contributed by atoms with Crippen LogP contribution in [0.2, 0.25) is 0 Å². The van der Waals surface area contributed by atoms with E-state index in [1.165, 1.54) is 0 Å². The van der Waals surface area contributed by atoms with Gasteiger partial charge in [0.05, 0.1) is 6.10 Å². The Hall–Kier alpha value is -1.01. The van der Waals surface area contributed by atoms with Crippen molar-refractivity contribution >= 4 is 5.97 Å². The summed E-state index contributed by atoms with van der Waals surface area (Å²) in [6.45, 7) is 7.34. The first-order valence-corrected chi connectivity index (χ1v) is 5.20. The van der Waals surface area contributed by atoms with Gasteiger partial charge in [-0.05, 0) is 27.2 Å². The Kier molecular flexibility index (Phi) is 6.03. The molecule has 0 heterocycles. The molecule has 0 aliphatic heterocycles. The van der Waals surface area contributed by atoms with Crippen LogP contribution in [0.1, 0.15) is 47.0 Å². The van der Waals surface area contributed by atoms with Crippen molar-refractivity contribution in [3.8, 4) is 11.8 Å². The van der Waals surface area contributed by atoms with Gasteiger partial charge in [0.1, 0.15) is 12.0 Å². The molecule has 0 amide bonds. The molecule has 0 aromatic heterocycles. The van der Waals surface area contributed by atoms with E-state index >= 15 is 0 Å². The van der Waals surface area contributed by atoms with Crippen molar-refractivity contribution in [2.24, 2.45) is 0 Å². The third kappa shape index (κ3) is 9.30. The molecule has 0 fully saturated rings. The van der Waals surface area contributed by atoms with Crippen LogP contribution in [0.4, 0.5) is 0 Å². The molecule has 15 heavy (non-hydrogen) atoms. The molecule has 3 heteroatoms. The third-order valence-electron chi connectivity index (χ3n) is 1.59. The van der Waals surface area contributed by atoms with Crippen molar-refractivity contribution in [2.45, 2.75) is 58.7 Å². The lowest BCUT2D eigenvalue weighted by atomic mass is 10.2. The summed E-state index contributed by atoms with van der Waals surface area (Å²) >= 11 is 0. The van der Waals surface area contributed by atoms with E-state index in [0.29, 0.717) is 12.8 Å². The van der Waals surface area contributed by atoms with E-state index in [1.54, 1.807) is 0 Å². The molecule has 86 valence electrons. The van der Waals surface area contributed by atoms with Crippen LogP contribution in [0, 0.1) is 11.8 Å². The lowest BCUT2D eigenvalue weighted by Gasteiger charge is -2.18. The average molecular weight is 212 g/mol. The van der Waals surface area contributed by atoms with Gasteiger partial charge < -0.3 is 9.84 Å². The summed E-state index contributed by atoms with van der Waals surface area (Å²) < 4.78 is 5.07. The van der Waals surface area contributed by atoms with Crippen molar-refractivity contribution in [1.82, 2.24) is 0 Å². The van der Waals surface area contributed by atoms with Gasteiger partial charge in [0, 0.05) is 6.42 Å². The number of aliphatic hydroxyl groups is 1. The number of rotatable bonds is 3. The number of carbonyl (C=O) groups is 1. The number of hydrogen-bond donors (Lipinski definition) is 1. The first kappa shape index (κ1) is 14.0. The molecule has 0 bridgehead atoms. The van der Waals surface area contributed by atoms with Gasteiger partial charge in [-0.2, -0.15) is 0 Å². The first-order chi connectivity index (χ1) is 6.85. The van der Waals surface area contributed by atoms with Gasteiger partial charge in [0.2, 0.25) is 0 Å². The maximum Gasteiger partial charge on any atom is 0.318 e. The lowest BCUT2D eigenvalue weighted by Crippen LogP contribution is -2.23. The fourth-order valence-electron chi connectivity index (χ4n) is 0.847. The largest absolute Gasteiger partial charge is 0.459 e. The predicted molar refractivity (Wildman–Crippen MR) is 59.2 cm³/mol. The summed E-state index contributed by atoms with van der Waals surface area (Å²) in [4.78, 5) is 11.2. The van der Waals surface area contributed by atoms with Crippen LogP contribution < -0.4 is 0 Å². The monoisotopic (exact) mass is 212 g/mol. The molecule has 1 unspecified atom stereocenters. The number of ether oxygens (including phenoxy) is 1. The Morgan fingerprint density at radius 1 is 1.40 bits per heavy atom. The van der Waals surface area contributed by atoms with Gasteiger partial charge in [-0.1, -0.05) is 12.8 Å². The summed E-state index contributed by atoms with van der Waals surface area (Å²) in [6, 6.07) is 0. The van der Waals surface area contributed by atoms with E-state index in [4.69, 9.17) is 4.74 Å². The number of carbonyl (C=O) groups excluding carboxylic acids is 1. The van der Waals surface area contributed by atoms with Crippen LogP contribution in [0.15, 0.2) is 0 Å². The third-order valence-corrected chi connectivity index (χ3v) is 1.59. The van der Waals surface area contributed by atoms with Crippen LogP contribution in [0.3, 0.4) is 0 Å². The highest BCUT2D eigenvalue weighted by Crippen LogP contribution is 2.07. The minimum absolute atomic E-state index is 0.0910. The van der Waals surface area contributed by atoms with Crippen LogP contribution in [0.5, 0.6) is 0 Å². The van der Waals surface area contributed by atoms with Crippen molar-refractivity contribution in [3.05, 3.63) is 0 Å². The summed E-state index contributed by atoms with van der Waals surface area (Å²) in [5.41, 5.74) is -0.457. The molecule has 0 aliphatic carbocycles. The van der Waals surface area contributed by atoms with Gasteiger partial charge in [0.15, 0.2) is 0 Å². The Morgan fingerprint density at radius 2 is 2.00 bits per heavy atom. The average Bonchev–Trinajstić information content (AvgIpc) is 2.09. The summed E-state index contributed by atoms with van der Waals surface area (Å²) in [6.07, 6.45) is 0.796. The summed E-state index contributed by atoms with van der Waals surface area (Å²) in [7, 11) is 0. The molecular weight excluding hydrogens is 192 g/mol. The van der Waals surface area contributed by atoms with E-state index in [-0.39, 0.29) is 12.4 Å². The van der Waals surface area contributed by atoms with Gasteiger partial charge in [-0.25, -0.2) is 0 Å². The lowest BCUT2D eigenvalue weighted by molar-refractivity contribution is -0.153. The Labute approximate surface area is 91.8 Å². The van der Waals surface area contributed by atoms with Crippen LogP contribution >= 0.6 is 0 Å².